The van der Waals surface area contributed by atoms with E-state index in [1.54, 1.807) is 19.3 Å². The van der Waals surface area contributed by atoms with Crippen molar-refractivity contribution in [1.82, 2.24) is 0 Å². The molecule has 1 aliphatic rings. The Morgan fingerprint density at radius 3 is 3.00 bits per heavy atom. The van der Waals surface area contributed by atoms with Gasteiger partial charge < -0.3 is 9.47 Å². The Kier molecular flexibility index (Phi) is 3.98. The fourth-order valence-corrected chi connectivity index (χ4v) is 1.10. The van der Waals surface area contributed by atoms with Gasteiger partial charge in [0.2, 0.25) is 6.79 Å². The minimum absolute atomic E-state index is 0.122. The molecule has 1 rings (SSSR count). The molecule has 0 aliphatic carbocycles. The first kappa shape index (κ1) is 10.6. The predicted molar refractivity (Wildman–Crippen MR) is 53.3 cm³/mol. The van der Waals surface area contributed by atoms with Crippen molar-refractivity contribution in [3.8, 4) is 0 Å². The molecule has 3 nitrogen and oxygen atoms in total. The highest BCUT2D eigenvalue weighted by Crippen LogP contribution is 2.13. The normalized spacial score (nSPS) is 26.1. The summed E-state index contributed by atoms with van der Waals surface area (Å²) in [5.74, 6) is 0.858. The van der Waals surface area contributed by atoms with Crippen molar-refractivity contribution in [1.29, 1.82) is 0 Å². The second-order valence-corrected chi connectivity index (χ2v) is 3.08. The van der Waals surface area contributed by atoms with E-state index in [9.17, 15) is 4.79 Å². The molecule has 0 saturated heterocycles. The fourth-order valence-electron chi connectivity index (χ4n) is 1.10. The van der Waals surface area contributed by atoms with Crippen molar-refractivity contribution in [3.05, 3.63) is 35.8 Å². The van der Waals surface area contributed by atoms with E-state index >= 15 is 0 Å². The van der Waals surface area contributed by atoms with Crippen LogP contribution in [0.4, 0.5) is 0 Å². The number of allylic oxidation sites excluding steroid dienone is 5. The van der Waals surface area contributed by atoms with E-state index < -0.39 is 0 Å². The Bertz CT molecular complexity index is 298. The van der Waals surface area contributed by atoms with Crippen LogP contribution < -0.4 is 0 Å². The van der Waals surface area contributed by atoms with Gasteiger partial charge in [-0.15, -0.1) is 0 Å². The van der Waals surface area contributed by atoms with Gasteiger partial charge in [0.05, 0.1) is 6.26 Å². The van der Waals surface area contributed by atoms with Crippen LogP contribution in [0.25, 0.3) is 0 Å². The molecule has 0 atom stereocenters. The summed E-state index contributed by atoms with van der Waals surface area (Å²) in [6.45, 7) is 3.58. The molecule has 3 heteroatoms. The summed E-state index contributed by atoms with van der Waals surface area (Å²) < 4.78 is 10.3. The van der Waals surface area contributed by atoms with Crippen LogP contribution in [0.1, 0.15) is 20.3 Å². The number of Topliss-reactive ketones (excluding diaryl/α,β-unsaturated/α-hetero) is 1. The van der Waals surface area contributed by atoms with Gasteiger partial charge >= 0.3 is 0 Å². The highest BCUT2D eigenvalue weighted by molar-refractivity contribution is 5.78. The topological polar surface area (TPSA) is 35.5 Å². The summed E-state index contributed by atoms with van der Waals surface area (Å²) in [4.78, 5) is 11.0. The van der Waals surface area contributed by atoms with Gasteiger partial charge in [0.1, 0.15) is 11.5 Å². The first-order chi connectivity index (χ1) is 6.70. The molecule has 0 aromatic carbocycles. The van der Waals surface area contributed by atoms with Gasteiger partial charge in [0.15, 0.2) is 0 Å². The number of carbonyl (C=O) groups excluding carboxylic acids is 1. The number of ketones is 1. The third-order valence-corrected chi connectivity index (χ3v) is 1.82. The minimum atomic E-state index is 0.122. The predicted octanol–water partition coefficient (Wildman–Crippen LogP) is 2.31. The van der Waals surface area contributed by atoms with E-state index in [0.29, 0.717) is 6.42 Å². The third kappa shape index (κ3) is 3.47. The van der Waals surface area contributed by atoms with Gasteiger partial charge in [-0.3, -0.25) is 4.79 Å². The van der Waals surface area contributed by atoms with Gasteiger partial charge in [-0.2, -0.15) is 0 Å². The largest absolute Gasteiger partial charge is 0.465 e. The third-order valence-electron chi connectivity index (χ3n) is 1.82. The molecule has 0 unspecified atom stereocenters. The zero-order chi connectivity index (χ0) is 10.4. The van der Waals surface area contributed by atoms with Gasteiger partial charge in [-0.1, -0.05) is 12.2 Å². The molecule has 14 heavy (non-hydrogen) atoms. The quantitative estimate of drug-likeness (QED) is 0.676. The van der Waals surface area contributed by atoms with Crippen LogP contribution in [-0.4, -0.2) is 12.6 Å². The van der Waals surface area contributed by atoms with Crippen LogP contribution in [0.5, 0.6) is 0 Å². The van der Waals surface area contributed by atoms with Crippen molar-refractivity contribution < 1.29 is 14.3 Å². The molecule has 0 aromatic heterocycles. The second-order valence-electron chi connectivity index (χ2n) is 3.08. The molecule has 1 heterocycles. The molecule has 0 radical (unpaired) electrons. The van der Waals surface area contributed by atoms with Crippen LogP contribution in [0.2, 0.25) is 0 Å². The molecule has 0 amide bonds. The number of hydrogen-bond acceptors (Lipinski definition) is 3. The van der Waals surface area contributed by atoms with Crippen molar-refractivity contribution >= 4 is 5.78 Å². The highest BCUT2D eigenvalue weighted by Gasteiger charge is 2.04. The van der Waals surface area contributed by atoms with Crippen molar-refractivity contribution in [2.75, 3.05) is 6.79 Å². The summed E-state index contributed by atoms with van der Waals surface area (Å²) in [5.41, 5.74) is 0.896. The van der Waals surface area contributed by atoms with E-state index in [4.69, 9.17) is 9.47 Å². The number of ether oxygens (including phenoxy) is 2. The van der Waals surface area contributed by atoms with Crippen molar-refractivity contribution in [2.45, 2.75) is 20.3 Å². The summed E-state index contributed by atoms with van der Waals surface area (Å²) in [5, 5.41) is 0. The fraction of sp³-hybridized carbons (Fsp3) is 0.364. The SMILES string of the molecule is CC(=O)CC1=C(/C)OCO/C=C/C=C\1. The highest BCUT2D eigenvalue weighted by atomic mass is 16.7. The van der Waals surface area contributed by atoms with Crippen molar-refractivity contribution in [3.63, 3.8) is 0 Å². The van der Waals surface area contributed by atoms with E-state index in [1.807, 2.05) is 19.1 Å². The molecule has 1 aliphatic heterocycles. The Hall–Kier alpha value is -1.51. The molecule has 0 aromatic rings. The maximum absolute atomic E-state index is 11.0. The molecular formula is C11H14O3. The number of rotatable bonds is 2. The Morgan fingerprint density at radius 2 is 2.29 bits per heavy atom. The average Bonchev–Trinajstić information content (AvgIpc) is 2.20. The van der Waals surface area contributed by atoms with Gasteiger partial charge in [0.25, 0.3) is 0 Å². The van der Waals surface area contributed by atoms with Crippen LogP contribution in [0.15, 0.2) is 35.8 Å². The van der Waals surface area contributed by atoms with Gasteiger partial charge in [0, 0.05) is 6.42 Å². The number of carbonyl (C=O) groups is 1. The van der Waals surface area contributed by atoms with Crippen molar-refractivity contribution in [2.24, 2.45) is 0 Å². The molecule has 76 valence electrons. The first-order valence-electron chi connectivity index (χ1n) is 4.47. The van der Waals surface area contributed by atoms with Gasteiger partial charge in [-0.05, 0) is 25.5 Å². The minimum Gasteiger partial charge on any atom is -0.465 e. The maximum Gasteiger partial charge on any atom is 0.229 e. The molecule has 0 bridgehead atoms. The van der Waals surface area contributed by atoms with E-state index in [1.165, 1.54) is 0 Å². The van der Waals surface area contributed by atoms with E-state index in [-0.39, 0.29) is 12.6 Å². The zero-order valence-corrected chi connectivity index (χ0v) is 8.45. The Labute approximate surface area is 83.7 Å². The van der Waals surface area contributed by atoms with E-state index in [2.05, 4.69) is 0 Å². The smallest absolute Gasteiger partial charge is 0.229 e. The van der Waals surface area contributed by atoms with Crippen LogP contribution in [-0.2, 0) is 14.3 Å². The molecule has 0 spiro atoms. The lowest BCUT2D eigenvalue weighted by molar-refractivity contribution is -0.116. The Morgan fingerprint density at radius 1 is 1.50 bits per heavy atom. The summed E-state index contributed by atoms with van der Waals surface area (Å²) >= 11 is 0. The van der Waals surface area contributed by atoms with Crippen LogP contribution in [0.3, 0.4) is 0 Å². The van der Waals surface area contributed by atoms with Gasteiger partial charge in [-0.25, -0.2) is 0 Å². The maximum atomic E-state index is 11.0. The lowest BCUT2D eigenvalue weighted by Crippen LogP contribution is -1.99. The lowest BCUT2D eigenvalue weighted by Gasteiger charge is -2.08. The number of hydrogen-bond donors (Lipinski definition) is 0. The average molecular weight is 194 g/mol. The van der Waals surface area contributed by atoms with Crippen LogP contribution >= 0.6 is 0 Å². The Balaban J connectivity index is 2.81. The first-order valence-corrected chi connectivity index (χ1v) is 4.47. The summed E-state index contributed by atoms with van der Waals surface area (Å²) in [7, 11) is 0. The summed E-state index contributed by atoms with van der Waals surface area (Å²) in [6, 6.07) is 0. The zero-order valence-electron chi connectivity index (χ0n) is 8.45. The monoisotopic (exact) mass is 194 g/mol. The standard InChI is InChI=1S/C11H14O3/c1-9(12)7-11-5-3-4-6-13-8-14-10(11)2/h3-6H,7-8H2,1-2H3/b5-3-,6-4+,11-10-. The van der Waals surface area contributed by atoms with Crippen LogP contribution in [0, 0.1) is 0 Å². The van der Waals surface area contributed by atoms with E-state index in [0.717, 1.165) is 11.3 Å². The molecule has 0 N–H and O–H groups in total. The second kappa shape index (κ2) is 5.27. The molecule has 0 saturated carbocycles. The molecular weight excluding hydrogens is 180 g/mol. The lowest BCUT2D eigenvalue weighted by atomic mass is 10.1. The molecule has 0 fully saturated rings. The summed E-state index contributed by atoms with van der Waals surface area (Å²) in [6.07, 6.45) is 7.41.